The van der Waals surface area contributed by atoms with Gasteiger partial charge in [-0.15, -0.1) is 12.4 Å². The molecule has 1 aromatic heterocycles. The van der Waals surface area contributed by atoms with E-state index in [9.17, 15) is 17.6 Å². The Morgan fingerprint density at radius 3 is 2.45 bits per heavy atom. The van der Waals surface area contributed by atoms with Crippen LogP contribution in [0.3, 0.4) is 0 Å². The summed E-state index contributed by atoms with van der Waals surface area (Å²) in [6.07, 6.45) is 0.370. The Bertz CT molecular complexity index is 973. The van der Waals surface area contributed by atoms with Crippen LogP contribution in [-0.2, 0) is 12.7 Å². The number of hydrogen-bond acceptors (Lipinski definition) is 3. The van der Waals surface area contributed by atoms with Crippen LogP contribution >= 0.6 is 12.4 Å². The van der Waals surface area contributed by atoms with E-state index in [-0.39, 0.29) is 30.4 Å². The molecule has 8 heteroatoms. The minimum atomic E-state index is -4.35. The van der Waals surface area contributed by atoms with Crippen molar-refractivity contribution in [2.75, 3.05) is 0 Å². The average Bonchev–Trinajstić information content (AvgIpc) is 2.64. The van der Waals surface area contributed by atoms with Crippen LogP contribution in [-0.4, -0.2) is 17.1 Å². The van der Waals surface area contributed by atoms with Gasteiger partial charge in [-0.3, -0.25) is 4.98 Å². The minimum Gasteiger partial charge on any atom is -0.490 e. The van der Waals surface area contributed by atoms with Crippen LogP contribution in [0.25, 0.3) is 10.8 Å². The molecule has 0 bridgehead atoms. The molecule has 1 aliphatic carbocycles. The number of fused-ring (bicyclic) bond motifs is 1. The van der Waals surface area contributed by atoms with Crippen molar-refractivity contribution in [3.05, 3.63) is 71.8 Å². The van der Waals surface area contributed by atoms with E-state index in [1.165, 1.54) is 18.2 Å². The molecular weight excluding hydrogens is 408 g/mol. The second kappa shape index (κ2) is 8.55. The van der Waals surface area contributed by atoms with Gasteiger partial charge in [0.25, 0.3) is 0 Å². The molecular formula is C21H19ClF4N2O. The predicted octanol–water partition coefficient (Wildman–Crippen LogP) is 5.51. The molecule has 4 rings (SSSR count). The highest BCUT2D eigenvalue weighted by molar-refractivity contribution is 5.85. The number of nitrogens with one attached hydrogen (secondary N) is 1. The number of rotatable bonds is 5. The van der Waals surface area contributed by atoms with Crippen LogP contribution in [0.15, 0.2) is 54.9 Å². The third-order valence-corrected chi connectivity index (χ3v) is 5.02. The van der Waals surface area contributed by atoms with Crippen molar-refractivity contribution in [1.82, 2.24) is 10.3 Å². The minimum absolute atomic E-state index is 0. The molecule has 1 saturated carbocycles. The molecule has 3 aromatic rings. The molecule has 0 atom stereocenters. The monoisotopic (exact) mass is 426 g/mol. The maximum atomic E-state index is 14.2. The Balaban J connectivity index is 0.00000240. The number of nitrogens with zero attached hydrogens (tertiary/aromatic N) is 1. The lowest BCUT2D eigenvalue weighted by Gasteiger charge is -2.36. The Kier molecular flexibility index (Phi) is 6.29. The Labute approximate surface area is 171 Å². The van der Waals surface area contributed by atoms with E-state index in [2.05, 4.69) is 10.3 Å². The first-order chi connectivity index (χ1) is 13.4. The van der Waals surface area contributed by atoms with Crippen molar-refractivity contribution in [2.24, 2.45) is 0 Å². The highest BCUT2D eigenvalue weighted by atomic mass is 35.5. The van der Waals surface area contributed by atoms with E-state index in [4.69, 9.17) is 4.74 Å². The molecule has 1 fully saturated rings. The molecule has 0 saturated heterocycles. The van der Waals surface area contributed by atoms with Gasteiger partial charge in [-0.25, -0.2) is 4.39 Å². The lowest BCUT2D eigenvalue weighted by Crippen LogP contribution is -2.46. The molecule has 1 N–H and O–H groups in total. The van der Waals surface area contributed by atoms with Gasteiger partial charge < -0.3 is 10.1 Å². The summed E-state index contributed by atoms with van der Waals surface area (Å²) >= 11 is 0. The van der Waals surface area contributed by atoms with Crippen molar-refractivity contribution in [3.8, 4) is 5.75 Å². The molecule has 29 heavy (non-hydrogen) atoms. The van der Waals surface area contributed by atoms with E-state index in [0.29, 0.717) is 17.9 Å². The quantitative estimate of drug-likeness (QED) is 0.546. The zero-order valence-electron chi connectivity index (χ0n) is 15.2. The lowest BCUT2D eigenvalue weighted by atomic mass is 9.89. The van der Waals surface area contributed by atoms with Crippen molar-refractivity contribution >= 4 is 23.2 Å². The van der Waals surface area contributed by atoms with Gasteiger partial charge in [-0.1, -0.05) is 0 Å². The number of benzene rings is 2. The van der Waals surface area contributed by atoms with Crippen molar-refractivity contribution in [1.29, 1.82) is 0 Å². The summed E-state index contributed by atoms with van der Waals surface area (Å²) in [5.74, 6) is 0.159. The molecule has 0 amide bonds. The smallest absolute Gasteiger partial charge is 0.416 e. The topological polar surface area (TPSA) is 34.2 Å². The third-order valence-electron chi connectivity index (χ3n) is 5.02. The molecule has 0 spiro atoms. The second-order valence-corrected chi connectivity index (χ2v) is 6.93. The summed E-state index contributed by atoms with van der Waals surface area (Å²) in [5, 5.41) is 5.04. The maximum Gasteiger partial charge on any atom is 0.416 e. The number of halogens is 5. The fourth-order valence-electron chi connectivity index (χ4n) is 3.38. The first-order valence-electron chi connectivity index (χ1n) is 8.98. The molecule has 0 unspecified atom stereocenters. The molecule has 0 aliphatic heterocycles. The molecule has 1 aliphatic rings. The van der Waals surface area contributed by atoms with Gasteiger partial charge in [0.2, 0.25) is 0 Å². The number of alkyl halides is 3. The molecule has 2 aromatic carbocycles. The fraction of sp³-hybridized carbons (Fsp3) is 0.286. The van der Waals surface area contributed by atoms with E-state index in [1.54, 1.807) is 24.5 Å². The van der Waals surface area contributed by atoms with Gasteiger partial charge in [-0.2, -0.15) is 13.2 Å². The average molecular weight is 427 g/mol. The number of hydrogen-bond donors (Lipinski definition) is 1. The summed E-state index contributed by atoms with van der Waals surface area (Å²) in [4.78, 5) is 4.05. The summed E-state index contributed by atoms with van der Waals surface area (Å²) in [6.45, 7) is 0.394. The fourth-order valence-corrected chi connectivity index (χ4v) is 3.38. The maximum absolute atomic E-state index is 14.2. The van der Waals surface area contributed by atoms with Crippen LogP contribution in [0.5, 0.6) is 5.75 Å². The zero-order chi connectivity index (χ0) is 19.7. The second-order valence-electron chi connectivity index (χ2n) is 6.93. The highest BCUT2D eigenvalue weighted by Gasteiger charge is 2.32. The molecule has 3 nitrogen and oxygen atoms in total. The highest BCUT2D eigenvalue weighted by Crippen LogP contribution is 2.32. The van der Waals surface area contributed by atoms with Crippen molar-refractivity contribution < 1.29 is 22.3 Å². The third kappa shape index (κ3) is 4.79. The van der Waals surface area contributed by atoms with Gasteiger partial charge in [0, 0.05) is 35.9 Å². The van der Waals surface area contributed by atoms with E-state index in [0.717, 1.165) is 35.7 Å². The Morgan fingerprint density at radius 1 is 1.03 bits per heavy atom. The van der Waals surface area contributed by atoms with Crippen molar-refractivity contribution in [2.45, 2.75) is 37.7 Å². The summed E-state index contributed by atoms with van der Waals surface area (Å²) in [7, 11) is 0. The van der Waals surface area contributed by atoms with Crippen LogP contribution in [0.1, 0.15) is 24.0 Å². The van der Waals surface area contributed by atoms with Gasteiger partial charge in [0.05, 0.1) is 5.56 Å². The standard InChI is InChI=1S/C21H18F4N2O.ClH/c22-20-6-1-13-11-26-8-7-18(13)19(20)12-27-15-9-17(10-15)28-16-4-2-14(3-5-16)21(23,24)25;/h1-8,11,15,17,27H,9-10,12H2;1H. The number of ether oxygens (including phenoxy) is 1. The Morgan fingerprint density at radius 2 is 1.76 bits per heavy atom. The van der Waals surface area contributed by atoms with Gasteiger partial charge in [-0.05, 0) is 60.7 Å². The summed E-state index contributed by atoms with van der Waals surface area (Å²) in [6, 6.07) is 9.83. The molecule has 0 radical (unpaired) electrons. The number of pyridine rings is 1. The van der Waals surface area contributed by atoms with Gasteiger partial charge >= 0.3 is 6.18 Å². The van der Waals surface area contributed by atoms with Gasteiger partial charge in [0.15, 0.2) is 0 Å². The molecule has 1 heterocycles. The normalized spacial score (nSPS) is 18.8. The van der Waals surface area contributed by atoms with Gasteiger partial charge in [0.1, 0.15) is 17.7 Å². The van der Waals surface area contributed by atoms with E-state index >= 15 is 0 Å². The summed E-state index contributed by atoms with van der Waals surface area (Å²) in [5.41, 5.74) is -0.0904. The first kappa shape index (κ1) is 21.3. The van der Waals surface area contributed by atoms with Crippen LogP contribution in [0.2, 0.25) is 0 Å². The predicted molar refractivity (Wildman–Crippen MR) is 105 cm³/mol. The van der Waals surface area contributed by atoms with Crippen LogP contribution in [0.4, 0.5) is 17.6 Å². The van der Waals surface area contributed by atoms with Crippen LogP contribution < -0.4 is 10.1 Å². The lowest BCUT2D eigenvalue weighted by molar-refractivity contribution is -0.137. The largest absolute Gasteiger partial charge is 0.490 e. The summed E-state index contributed by atoms with van der Waals surface area (Å²) < 4.78 is 57.7. The zero-order valence-corrected chi connectivity index (χ0v) is 16.1. The Hall–Kier alpha value is -2.38. The van der Waals surface area contributed by atoms with E-state index < -0.39 is 11.7 Å². The van der Waals surface area contributed by atoms with Crippen molar-refractivity contribution in [3.63, 3.8) is 0 Å². The van der Waals surface area contributed by atoms with E-state index in [1.807, 2.05) is 0 Å². The van der Waals surface area contributed by atoms with Crippen LogP contribution in [0, 0.1) is 5.82 Å². The number of aromatic nitrogens is 1. The SMILES string of the molecule is Cl.Fc1ccc2cnccc2c1CNC1CC(Oc2ccc(C(F)(F)F)cc2)C1. The molecule has 154 valence electrons. The first-order valence-corrected chi connectivity index (χ1v) is 8.98.